The van der Waals surface area contributed by atoms with Crippen LogP contribution in [0.3, 0.4) is 0 Å². The molecule has 0 aliphatic carbocycles. The summed E-state index contributed by atoms with van der Waals surface area (Å²) in [5, 5.41) is 19.6. The molecule has 0 spiro atoms. The Morgan fingerprint density at radius 3 is 2.62 bits per heavy atom. The Bertz CT molecular complexity index is 649. The molecule has 0 radical (unpaired) electrons. The molecule has 1 aromatic carbocycles. The maximum Gasteiger partial charge on any atom is 0.342 e. The number of phenols is 2. The van der Waals surface area contributed by atoms with Gasteiger partial charge in [-0.3, -0.25) is 4.79 Å². The number of ether oxygens (including phenoxy) is 1. The van der Waals surface area contributed by atoms with Crippen molar-refractivity contribution in [1.29, 1.82) is 0 Å². The highest BCUT2D eigenvalue weighted by molar-refractivity contribution is 6.33. The minimum Gasteiger partial charge on any atom is -0.507 e. The summed E-state index contributed by atoms with van der Waals surface area (Å²) in [7, 11) is 0. The van der Waals surface area contributed by atoms with Crippen LogP contribution in [0.2, 0.25) is 5.02 Å². The van der Waals surface area contributed by atoms with Gasteiger partial charge in [0.1, 0.15) is 17.1 Å². The van der Waals surface area contributed by atoms with Crippen molar-refractivity contribution in [3.05, 3.63) is 47.0 Å². The SMILES string of the molecule is C=CCCOC(=O)c1c(O)cc(O)c(Cl)c1CC(=O)/C=C/CCC. The van der Waals surface area contributed by atoms with Gasteiger partial charge in [-0.25, -0.2) is 4.79 Å². The third-order valence-electron chi connectivity index (χ3n) is 3.19. The van der Waals surface area contributed by atoms with Gasteiger partial charge in [0, 0.05) is 18.1 Å². The minimum absolute atomic E-state index is 0.0453. The maximum absolute atomic E-state index is 12.2. The fourth-order valence-corrected chi connectivity index (χ4v) is 2.22. The topological polar surface area (TPSA) is 83.8 Å². The van der Waals surface area contributed by atoms with E-state index in [1.165, 1.54) is 6.08 Å². The van der Waals surface area contributed by atoms with Crippen LogP contribution in [0.5, 0.6) is 11.5 Å². The molecular formula is C18H21ClO5. The van der Waals surface area contributed by atoms with Crippen molar-refractivity contribution in [3.63, 3.8) is 0 Å². The van der Waals surface area contributed by atoms with E-state index in [4.69, 9.17) is 16.3 Å². The lowest BCUT2D eigenvalue weighted by Crippen LogP contribution is -2.12. The molecule has 0 aliphatic rings. The number of halogens is 1. The number of aromatic hydroxyl groups is 2. The summed E-state index contributed by atoms with van der Waals surface area (Å²) < 4.78 is 5.03. The van der Waals surface area contributed by atoms with Crippen molar-refractivity contribution >= 4 is 23.4 Å². The van der Waals surface area contributed by atoms with Gasteiger partial charge in [0.05, 0.1) is 11.6 Å². The Kier molecular flexibility index (Phi) is 8.06. The number of rotatable bonds is 9. The standard InChI is InChI=1S/C18H21ClO5/c1-3-5-7-8-12(20)10-13-16(18(23)24-9-6-4-2)14(21)11-15(22)17(13)19/h4,7-8,11,21-22H,2-3,5-6,9-10H2,1H3/b8-7+. The van der Waals surface area contributed by atoms with Crippen molar-refractivity contribution in [3.8, 4) is 11.5 Å². The molecule has 24 heavy (non-hydrogen) atoms. The van der Waals surface area contributed by atoms with Crippen molar-refractivity contribution < 1.29 is 24.5 Å². The molecule has 0 saturated carbocycles. The van der Waals surface area contributed by atoms with Gasteiger partial charge in [0.25, 0.3) is 0 Å². The first-order valence-electron chi connectivity index (χ1n) is 7.63. The predicted molar refractivity (Wildman–Crippen MR) is 92.6 cm³/mol. The number of ketones is 1. The van der Waals surface area contributed by atoms with Crippen LogP contribution in [0.15, 0.2) is 30.9 Å². The summed E-state index contributed by atoms with van der Waals surface area (Å²) >= 11 is 6.02. The molecule has 0 amide bonds. The molecule has 2 N–H and O–H groups in total. The number of phenolic OH excluding ortho intramolecular Hbond substituents is 2. The monoisotopic (exact) mass is 352 g/mol. The second-order valence-electron chi connectivity index (χ2n) is 5.13. The zero-order valence-electron chi connectivity index (χ0n) is 13.5. The highest BCUT2D eigenvalue weighted by Crippen LogP contribution is 2.37. The van der Waals surface area contributed by atoms with Crippen LogP contribution in [0.25, 0.3) is 0 Å². The Balaban J connectivity index is 3.13. The molecule has 6 heteroatoms. The lowest BCUT2D eigenvalue weighted by Gasteiger charge is -2.13. The molecule has 130 valence electrons. The molecular weight excluding hydrogens is 332 g/mol. The molecule has 0 unspecified atom stereocenters. The summed E-state index contributed by atoms with van der Waals surface area (Å²) in [6, 6.07) is 0.952. The third-order valence-corrected chi connectivity index (χ3v) is 3.61. The van der Waals surface area contributed by atoms with E-state index in [-0.39, 0.29) is 35.0 Å². The Labute approximate surface area is 146 Å². The maximum atomic E-state index is 12.2. The van der Waals surface area contributed by atoms with Crippen LogP contribution in [-0.2, 0) is 16.0 Å². The summed E-state index contributed by atoms with van der Waals surface area (Å²) in [6.45, 7) is 5.59. The van der Waals surface area contributed by atoms with Crippen molar-refractivity contribution in [1.82, 2.24) is 0 Å². The first-order chi connectivity index (χ1) is 11.4. The zero-order valence-corrected chi connectivity index (χ0v) is 14.3. The molecule has 0 heterocycles. The van der Waals surface area contributed by atoms with E-state index in [0.29, 0.717) is 6.42 Å². The Hall–Kier alpha value is -2.27. The van der Waals surface area contributed by atoms with E-state index in [1.54, 1.807) is 12.2 Å². The van der Waals surface area contributed by atoms with Gasteiger partial charge in [-0.2, -0.15) is 0 Å². The van der Waals surface area contributed by atoms with Crippen LogP contribution >= 0.6 is 11.6 Å². The van der Waals surface area contributed by atoms with Crippen LogP contribution in [0, 0.1) is 0 Å². The number of esters is 1. The second-order valence-corrected chi connectivity index (χ2v) is 5.51. The molecule has 0 aliphatic heterocycles. The summed E-state index contributed by atoms with van der Waals surface area (Å²) in [6.07, 6.45) is 6.58. The van der Waals surface area contributed by atoms with E-state index in [2.05, 4.69) is 6.58 Å². The van der Waals surface area contributed by atoms with Gasteiger partial charge in [0.15, 0.2) is 5.78 Å². The van der Waals surface area contributed by atoms with E-state index in [1.807, 2.05) is 6.92 Å². The van der Waals surface area contributed by atoms with E-state index >= 15 is 0 Å². The number of allylic oxidation sites excluding steroid dienone is 2. The lowest BCUT2D eigenvalue weighted by atomic mass is 10.00. The van der Waals surface area contributed by atoms with Crippen LogP contribution in [0.1, 0.15) is 42.1 Å². The van der Waals surface area contributed by atoms with Crippen LogP contribution < -0.4 is 0 Å². The van der Waals surface area contributed by atoms with Gasteiger partial charge in [-0.05, 0) is 18.9 Å². The van der Waals surface area contributed by atoms with Crippen molar-refractivity contribution in [2.24, 2.45) is 0 Å². The number of unbranched alkanes of at least 4 members (excludes halogenated alkanes) is 1. The largest absolute Gasteiger partial charge is 0.507 e. The van der Waals surface area contributed by atoms with Crippen LogP contribution in [-0.4, -0.2) is 28.6 Å². The molecule has 0 aromatic heterocycles. The highest BCUT2D eigenvalue weighted by atomic mass is 35.5. The van der Waals surface area contributed by atoms with Gasteiger partial charge >= 0.3 is 5.97 Å². The van der Waals surface area contributed by atoms with Crippen LogP contribution in [0.4, 0.5) is 0 Å². The van der Waals surface area contributed by atoms with Gasteiger partial charge in [-0.15, -0.1) is 6.58 Å². The fraction of sp³-hybridized carbons (Fsp3) is 0.333. The molecule has 0 fully saturated rings. The summed E-state index contributed by atoms with van der Waals surface area (Å²) in [5.41, 5.74) is -0.164. The van der Waals surface area contributed by atoms with Crippen molar-refractivity contribution in [2.45, 2.75) is 32.6 Å². The highest BCUT2D eigenvalue weighted by Gasteiger charge is 2.24. The summed E-state index contributed by atoms with van der Waals surface area (Å²) in [4.78, 5) is 24.2. The molecule has 0 atom stereocenters. The molecule has 0 saturated heterocycles. The van der Waals surface area contributed by atoms with Gasteiger partial charge < -0.3 is 14.9 Å². The Morgan fingerprint density at radius 2 is 2.00 bits per heavy atom. The first-order valence-corrected chi connectivity index (χ1v) is 8.00. The molecule has 5 nitrogen and oxygen atoms in total. The number of hydrogen-bond acceptors (Lipinski definition) is 5. The fourth-order valence-electron chi connectivity index (χ4n) is 2.00. The third kappa shape index (κ3) is 5.42. The first kappa shape index (κ1) is 19.8. The quantitative estimate of drug-likeness (QED) is 0.304. The lowest BCUT2D eigenvalue weighted by molar-refractivity contribution is -0.114. The van der Waals surface area contributed by atoms with E-state index in [9.17, 15) is 19.8 Å². The molecule has 0 bridgehead atoms. The smallest absolute Gasteiger partial charge is 0.342 e. The van der Waals surface area contributed by atoms with Gasteiger partial charge in [-0.1, -0.05) is 37.1 Å². The number of carbonyl (C=O) groups is 2. The average molecular weight is 353 g/mol. The number of benzene rings is 1. The average Bonchev–Trinajstić information content (AvgIpc) is 2.52. The predicted octanol–water partition coefficient (Wildman–Crippen LogP) is 3.95. The molecule has 1 rings (SSSR count). The minimum atomic E-state index is -0.809. The second kappa shape index (κ2) is 9.78. The van der Waals surface area contributed by atoms with Crippen molar-refractivity contribution in [2.75, 3.05) is 6.61 Å². The number of hydrogen-bond donors (Lipinski definition) is 2. The molecule has 1 aromatic rings. The van der Waals surface area contributed by atoms with E-state index < -0.39 is 17.5 Å². The summed E-state index contributed by atoms with van der Waals surface area (Å²) in [5.74, 6) is -2.00. The Morgan fingerprint density at radius 1 is 1.29 bits per heavy atom. The van der Waals surface area contributed by atoms with Gasteiger partial charge in [0.2, 0.25) is 0 Å². The number of carbonyl (C=O) groups excluding carboxylic acids is 2. The van der Waals surface area contributed by atoms with E-state index in [0.717, 1.165) is 18.9 Å². The normalized spacial score (nSPS) is 10.8. The zero-order chi connectivity index (χ0) is 18.1.